The minimum Gasteiger partial charge on any atom is -0.508 e. The molecule has 124 valence electrons. The maximum atomic E-state index is 9.93. The Bertz CT molecular complexity index is 678. The molecule has 1 aliphatic rings. The van der Waals surface area contributed by atoms with Gasteiger partial charge in [-0.3, -0.25) is 4.90 Å². The minimum absolute atomic E-state index is 0.148. The molecule has 2 aromatic carbocycles. The van der Waals surface area contributed by atoms with Gasteiger partial charge in [0.2, 0.25) is 0 Å². The zero-order chi connectivity index (χ0) is 16.4. The van der Waals surface area contributed by atoms with E-state index in [1.54, 1.807) is 12.1 Å². The molecule has 0 bridgehead atoms. The lowest BCUT2D eigenvalue weighted by Crippen LogP contribution is -2.49. The van der Waals surface area contributed by atoms with Crippen molar-refractivity contribution in [1.82, 2.24) is 10.2 Å². The number of aromatic hydroxyl groups is 1. The number of aliphatic hydroxyl groups is 1. The number of aliphatic hydroxyl groups excluding tert-OH is 1. The molecule has 1 fully saturated rings. The fraction of sp³-hybridized carbons (Fsp3) is 0.474. The third kappa shape index (κ3) is 3.34. The fourth-order valence-corrected chi connectivity index (χ4v) is 3.60. The summed E-state index contributed by atoms with van der Waals surface area (Å²) in [5.41, 5.74) is 1.01. The van der Waals surface area contributed by atoms with Crippen LogP contribution in [0.25, 0.3) is 10.8 Å². The number of benzene rings is 2. The maximum Gasteiger partial charge on any atom is 0.116 e. The Kier molecular flexibility index (Phi) is 4.57. The van der Waals surface area contributed by atoms with E-state index in [0.717, 1.165) is 37.0 Å². The molecule has 0 spiro atoms. The second-order valence-corrected chi connectivity index (χ2v) is 7.13. The molecular formula is C19H26N2O2. The van der Waals surface area contributed by atoms with Crippen LogP contribution in [-0.2, 0) is 0 Å². The third-order valence-corrected chi connectivity index (χ3v) is 4.83. The highest BCUT2D eigenvalue weighted by atomic mass is 16.3. The van der Waals surface area contributed by atoms with Crippen molar-refractivity contribution < 1.29 is 10.2 Å². The van der Waals surface area contributed by atoms with Gasteiger partial charge < -0.3 is 15.5 Å². The van der Waals surface area contributed by atoms with Crippen molar-refractivity contribution in [2.24, 2.45) is 5.41 Å². The van der Waals surface area contributed by atoms with Crippen molar-refractivity contribution in [1.29, 1.82) is 0 Å². The summed E-state index contributed by atoms with van der Waals surface area (Å²) in [6.07, 6.45) is 0. The van der Waals surface area contributed by atoms with Gasteiger partial charge in [0.15, 0.2) is 0 Å². The minimum atomic E-state index is -0.220. The lowest BCUT2D eigenvalue weighted by molar-refractivity contribution is 0.0306. The molecule has 2 aromatic rings. The first-order chi connectivity index (χ1) is 11.0. The molecule has 23 heavy (non-hydrogen) atoms. The Labute approximate surface area is 137 Å². The molecule has 4 heteroatoms. The van der Waals surface area contributed by atoms with E-state index in [0.29, 0.717) is 5.75 Å². The van der Waals surface area contributed by atoms with Crippen molar-refractivity contribution in [3.8, 4) is 5.75 Å². The summed E-state index contributed by atoms with van der Waals surface area (Å²) in [6.45, 7) is 8.35. The second-order valence-electron chi connectivity index (χ2n) is 7.13. The van der Waals surface area contributed by atoms with Crippen LogP contribution in [0.4, 0.5) is 0 Å². The monoisotopic (exact) mass is 314 g/mol. The van der Waals surface area contributed by atoms with Crippen LogP contribution in [0, 0.1) is 5.41 Å². The van der Waals surface area contributed by atoms with Crippen molar-refractivity contribution in [2.75, 3.05) is 32.8 Å². The van der Waals surface area contributed by atoms with Gasteiger partial charge in [-0.15, -0.1) is 0 Å². The van der Waals surface area contributed by atoms with Crippen molar-refractivity contribution >= 4 is 10.8 Å². The first kappa shape index (κ1) is 16.2. The molecule has 0 aromatic heterocycles. The van der Waals surface area contributed by atoms with Gasteiger partial charge in [0.25, 0.3) is 0 Å². The maximum absolute atomic E-state index is 9.93. The number of phenols is 1. The van der Waals surface area contributed by atoms with Crippen LogP contribution in [0.2, 0.25) is 0 Å². The largest absolute Gasteiger partial charge is 0.508 e. The van der Waals surface area contributed by atoms with E-state index in [1.165, 1.54) is 5.56 Å². The van der Waals surface area contributed by atoms with Crippen LogP contribution >= 0.6 is 0 Å². The van der Waals surface area contributed by atoms with Crippen LogP contribution in [0.3, 0.4) is 0 Å². The normalized spacial score (nSPS) is 18.2. The highest BCUT2D eigenvalue weighted by Gasteiger charge is 2.35. The van der Waals surface area contributed by atoms with E-state index in [1.807, 2.05) is 6.07 Å². The molecule has 0 unspecified atom stereocenters. The van der Waals surface area contributed by atoms with E-state index in [4.69, 9.17) is 0 Å². The van der Waals surface area contributed by atoms with Gasteiger partial charge in [-0.05, 0) is 34.5 Å². The molecule has 1 saturated heterocycles. The Morgan fingerprint density at radius 1 is 1.09 bits per heavy atom. The van der Waals surface area contributed by atoms with Crippen LogP contribution in [0.15, 0.2) is 36.4 Å². The first-order valence-corrected chi connectivity index (χ1v) is 8.29. The number of phenolic OH excluding ortho intramolecular Hbond substituents is 1. The fourth-order valence-electron chi connectivity index (χ4n) is 3.60. The standard InChI is InChI=1S/C19H26N2O2/c1-19(2,13-22)18(21-9-7-20-8-10-21)16-4-3-15-12-17(23)6-5-14(15)11-16/h3-6,11-12,18,20,22-23H,7-10,13H2,1-2H3/t18-/m1/s1. The van der Waals surface area contributed by atoms with Crippen molar-refractivity contribution in [2.45, 2.75) is 19.9 Å². The zero-order valence-electron chi connectivity index (χ0n) is 13.9. The molecule has 0 amide bonds. The van der Waals surface area contributed by atoms with Crippen LogP contribution in [0.5, 0.6) is 5.75 Å². The van der Waals surface area contributed by atoms with Gasteiger partial charge >= 0.3 is 0 Å². The van der Waals surface area contributed by atoms with Crippen molar-refractivity contribution in [3.63, 3.8) is 0 Å². The summed E-state index contributed by atoms with van der Waals surface area (Å²) in [4.78, 5) is 2.47. The van der Waals surface area contributed by atoms with Crippen molar-refractivity contribution in [3.05, 3.63) is 42.0 Å². The van der Waals surface area contributed by atoms with E-state index in [-0.39, 0.29) is 18.1 Å². The summed E-state index contributed by atoms with van der Waals surface area (Å²) in [6, 6.07) is 12.0. The second kappa shape index (κ2) is 6.48. The predicted molar refractivity (Wildman–Crippen MR) is 93.7 cm³/mol. The van der Waals surface area contributed by atoms with E-state index in [2.05, 4.69) is 42.3 Å². The Morgan fingerprint density at radius 3 is 2.43 bits per heavy atom. The van der Waals surface area contributed by atoms with Gasteiger partial charge in [0.05, 0.1) is 0 Å². The number of hydrogen-bond acceptors (Lipinski definition) is 4. The molecule has 0 radical (unpaired) electrons. The van der Waals surface area contributed by atoms with Gasteiger partial charge in [-0.2, -0.15) is 0 Å². The van der Waals surface area contributed by atoms with E-state index >= 15 is 0 Å². The lowest BCUT2D eigenvalue weighted by atomic mass is 9.79. The summed E-state index contributed by atoms with van der Waals surface area (Å²) < 4.78 is 0. The topological polar surface area (TPSA) is 55.7 Å². The SMILES string of the molecule is CC(C)(CO)[C@@H](c1ccc2cc(O)ccc2c1)N1CCNCC1. The third-order valence-electron chi connectivity index (χ3n) is 4.83. The number of hydrogen-bond donors (Lipinski definition) is 3. The number of fused-ring (bicyclic) bond motifs is 1. The molecule has 0 saturated carbocycles. The number of nitrogens with zero attached hydrogens (tertiary/aromatic N) is 1. The number of nitrogens with one attached hydrogen (secondary N) is 1. The van der Waals surface area contributed by atoms with Crippen LogP contribution < -0.4 is 5.32 Å². The van der Waals surface area contributed by atoms with Gasteiger partial charge in [0, 0.05) is 44.2 Å². The molecule has 1 heterocycles. The summed E-state index contributed by atoms with van der Waals surface area (Å²) in [5.74, 6) is 0.291. The smallest absolute Gasteiger partial charge is 0.116 e. The zero-order valence-corrected chi connectivity index (χ0v) is 13.9. The molecular weight excluding hydrogens is 288 g/mol. The summed E-state index contributed by atoms with van der Waals surface area (Å²) >= 11 is 0. The Balaban J connectivity index is 2.03. The molecule has 3 rings (SSSR count). The molecule has 3 N–H and O–H groups in total. The first-order valence-electron chi connectivity index (χ1n) is 8.29. The summed E-state index contributed by atoms with van der Waals surface area (Å²) in [5, 5.41) is 25.1. The lowest BCUT2D eigenvalue weighted by Gasteiger charge is -2.43. The molecule has 0 aliphatic carbocycles. The van der Waals surface area contributed by atoms with E-state index < -0.39 is 0 Å². The highest BCUT2D eigenvalue weighted by Crippen LogP contribution is 2.39. The quantitative estimate of drug-likeness (QED) is 0.812. The van der Waals surface area contributed by atoms with Crippen LogP contribution in [-0.4, -0.2) is 47.9 Å². The number of rotatable bonds is 4. The Hall–Kier alpha value is -1.62. The van der Waals surface area contributed by atoms with Gasteiger partial charge in [-0.25, -0.2) is 0 Å². The van der Waals surface area contributed by atoms with Crippen LogP contribution in [0.1, 0.15) is 25.5 Å². The summed E-state index contributed by atoms with van der Waals surface area (Å²) in [7, 11) is 0. The number of piperazine rings is 1. The van der Waals surface area contributed by atoms with E-state index in [9.17, 15) is 10.2 Å². The Morgan fingerprint density at radius 2 is 1.74 bits per heavy atom. The molecule has 1 aliphatic heterocycles. The molecule has 1 atom stereocenters. The average molecular weight is 314 g/mol. The predicted octanol–water partition coefficient (Wildman–Crippen LogP) is 2.51. The molecule has 4 nitrogen and oxygen atoms in total. The highest BCUT2D eigenvalue weighted by molar-refractivity contribution is 5.84. The average Bonchev–Trinajstić information content (AvgIpc) is 2.56. The van der Waals surface area contributed by atoms with Gasteiger partial charge in [0.1, 0.15) is 5.75 Å². The van der Waals surface area contributed by atoms with Gasteiger partial charge in [-0.1, -0.05) is 32.0 Å².